The van der Waals surface area contributed by atoms with Crippen LogP contribution in [0.4, 0.5) is 0 Å². The second-order valence-electron chi connectivity index (χ2n) is 4.00. The van der Waals surface area contributed by atoms with Crippen molar-refractivity contribution in [3.05, 3.63) is 16.6 Å². The molecule has 4 heteroatoms. The zero-order valence-electron chi connectivity index (χ0n) is 9.28. The van der Waals surface area contributed by atoms with Gasteiger partial charge in [0.25, 0.3) is 0 Å². The van der Waals surface area contributed by atoms with Crippen LogP contribution in [0.2, 0.25) is 0 Å². The third-order valence-corrected chi connectivity index (χ3v) is 3.61. The fraction of sp³-hybridized carbons (Fsp3) is 0.727. The summed E-state index contributed by atoms with van der Waals surface area (Å²) in [5, 5.41) is 3.46. The number of hydrogen-bond donors (Lipinski definition) is 1. The van der Waals surface area contributed by atoms with Crippen LogP contribution in [0.3, 0.4) is 0 Å². The molecule has 0 aliphatic heterocycles. The van der Waals surface area contributed by atoms with Gasteiger partial charge in [0.2, 0.25) is 0 Å². The maximum atomic E-state index is 4.06. The van der Waals surface area contributed by atoms with Crippen molar-refractivity contribution in [3.63, 3.8) is 0 Å². The highest BCUT2D eigenvalue weighted by atomic mass is 32.1. The minimum Gasteiger partial charge on any atom is -0.311 e. The van der Waals surface area contributed by atoms with E-state index in [1.807, 2.05) is 11.7 Å². The first-order valence-electron chi connectivity index (χ1n) is 5.72. The molecule has 3 nitrogen and oxygen atoms in total. The lowest BCUT2D eigenvalue weighted by molar-refractivity contribution is 0.277. The Kier molecular flexibility index (Phi) is 4.11. The van der Waals surface area contributed by atoms with Crippen molar-refractivity contribution < 1.29 is 0 Å². The van der Waals surface area contributed by atoms with Crippen LogP contribution in [0.5, 0.6) is 0 Å². The normalized spacial score (nSPS) is 16.1. The Balaban J connectivity index is 1.58. The molecule has 2 rings (SSSR count). The fourth-order valence-electron chi connectivity index (χ4n) is 1.80. The Morgan fingerprint density at radius 3 is 3.07 bits per heavy atom. The van der Waals surface area contributed by atoms with E-state index in [1.54, 1.807) is 11.3 Å². The maximum Gasteiger partial charge on any atom is 0.0794 e. The first kappa shape index (κ1) is 11.0. The molecule has 84 valence electrons. The SMILES string of the molecule is CCN(CCNCc1cncs1)C1CC1. The molecule has 15 heavy (non-hydrogen) atoms. The van der Waals surface area contributed by atoms with Gasteiger partial charge in [0.15, 0.2) is 0 Å². The quantitative estimate of drug-likeness (QED) is 0.716. The second-order valence-corrected chi connectivity index (χ2v) is 4.98. The molecule has 0 aromatic carbocycles. The minimum absolute atomic E-state index is 0.889. The average molecular weight is 225 g/mol. The molecule has 1 N–H and O–H groups in total. The van der Waals surface area contributed by atoms with Crippen molar-refractivity contribution in [3.8, 4) is 0 Å². The van der Waals surface area contributed by atoms with Gasteiger partial charge >= 0.3 is 0 Å². The molecule has 0 radical (unpaired) electrons. The third-order valence-electron chi connectivity index (χ3n) is 2.83. The average Bonchev–Trinajstić information content (AvgIpc) is 2.95. The van der Waals surface area contributed by atoms with E-state index >= 15 is 0 Å². The molecule has 1 saturated carbocycles. The van der Waals surface area contributed by atoms with E-state index in [2.05, 4.69) is 22.1 Å². The van der Waals surface area contributed by atoms with Crippen molar-refractivity contribution in [2.45, 2.75) is 32.4 Å². The van der Waals surface area contributed by atoms with E-state index in [-0.39, 0.29) is 0 Å². The Labute approximate surface area is 95.5 Å². The van der Waals surface area contributed by atoms with Gasteiger partial charge in [-0.2, -0.15) is 0 Å². The third kappa shape index (κ3) is 3.55. The Morgan fingerprint density at radius 2 is 2.47 bits per heavy atom. The summed E-state index contributed by atoms with van der Waals surface area (Å²) in [5.41, 5.74) is 1.89. The van der Waals surface area contributed by atoms with Gasteiger partial charge in [-0.25, -0.2) is 0 Å². The molecule has 1 aromatic heterocycles. The lowest BCUT2D eigenvalue weighted by Crippen LogP contribution is -2.33. The lowest BCUT2D eigenvalue weighted by atomic mass is 10.4. The molecular formula is C11H19N3S. The number of nitrogens with one attached hydrogen (secondary N) is 1. The summed E-state index contributed by atoms with van der Waals surface area (Å²) in [6, 6.07) is 0.889. The smallest absolute Gasteiger partial charge is 0.0794 e. The summed E-state index contributed by atoms with van der Waals surface area (Å²) in [4.78, 5) is 7.95. The summed E-state index contributed by atoms with van der Waals surface area (Å²) in [5.74, 6) is 0. The maximum absolute atomic E-state index is 4.06. The van der Waals surface area contributed by atoms with Crippen molar-refractivity contribution in [1.29, 1.82) is 0 Å². The van der Waals surface area contributed by atoms with Crippen LogP contribution in [-0.2, 0) is 6.54 Å². The molecule has 0 atom stereocenters. The molecule has 1 heterocycles. The highest BCUT2D eigenvalue weighted by Crippen LogP contribution is 2.25. The van der Waals surface area contributed by atoms with Crippen LogP contribution in [0.25, 0.3) is 0 Å². The Morgan fingerprint density at radius 1 is 1.60 bits per heavy atom. The standard InChI is InChI=1S/C11H19N3S/c1-2-14(10-3-4-10)6-5-12-7-11-8-13-9-15-11/h8-10,12H,2-7H2,1H3. The van der Waals surface area contributed by atoms with Crippen molar-refractivity contribution >= 4 is 11.3 Å². The van der Waals surface area contributed by atoms with Crippen LogP contribution in [-0.4, -0.2) is 35.6 Å². The molecule has 0 saturated heterocycles. The number of likely N-dealkylation sites (N-methyl/N-ethyl adjacent to an activating group) is 1. The summed E-state index contributed by atoms with van der Waals surface area (Å²) in [7, 11) is 0. The van der Waals surface area contributed by atoms with Crippen LogP contribution in [0.1, 0.15) is 24.6 Å². The number of thiazole rings is 1. The highest BCUT2D eigenvalue weighted by Gasteiger charge is 2.26. The van der Waals surface area contributed by atoms with E-state index in [0.717, 1.165) is 19.1 Å². The van der Waals surface area contributed by atoms with Crippen molar-refractivity contribution in [1.82, 2.24) is 15.2 Å². The Hall–Kier alpha value is -0.450. The molecule has 1 aromatic rings. The number of rotatable bonds is 7. The van der Waals surface area contributed by atoms with E-state index in [9.17, 15) is 0 Å². The van der Waals surface area contributed by atoms with Crippen LogP contribution >= 0.6 is 11.3 Å². The van der Waals surface area contributed by atoms with E-state index in [4.69, 9.17) is 0 Å². The molecular weight excluding hydrogens is 206 g/mol. The first-order chi connectivity index (χ1) is 7.40. The van der Waals surface area contributed by atoms with Gasteiger partial charge in [0.1, 0.15) is 0 Å². The summed E-state index contributed by atoms with van der Waals surface area (Å²) >= 11 is 1.72. The van der Waals surface area contributed by atoms with Crippen LogP contribution < -0.4 is 5.32 Å². The molecule has 0 unspecified atom stereocenters. The largest absolute Gasteiger partial charge is 0.311 e. The zero-order chi connectivity index (χ0) is 10.5. The van der Waals surface area contributed by atoms with Gasteiger partial charge in [-0.3, -0.25) is 9.88 Å². The predicted octanol–water partition coefficient (Wildman–Crippen LogP) is 1.72. The minimum atomic E-state index is 0.889. The monoisotopic (exact) mass is 225 g/mol. The predicted molar refractivity (Wildman–Crippen MR) is 64.1 cm³/mol. The molecule has 0 amide bonds. The van der Waals surface area contributed by atoms with E-state index in [1.165, 1.54) is 30.8 Å². The number of aromatic nitrogens is 1. The van der Waals surface area contributed by atoms with Crippen molar-refractivity contribution in [2.24, 2.45) is 0 Å². The van der Waals surface area contributed by atoms with E-state index < -0.39 is 0 Å². The molecule has 0 bridgehead atoms. The molecule has 1 aliphatic carbocycles. The molecule has 1 fully saturated rings. The summed E-state index contributed by atoms with van der Waals surface area (Å²) < 4.78 is 0. The highest BCUT2D eigenvalue weighted by molar-refractivity contribution is 7.09. The molecule has 0 spiro atoms. The second kappa shape index (κ2) is 5.58. The lowest BCUT2D eigenvalue weighted by Gasteiger charge is -2.19. The fourth-order valence-corrected chi connectivity index (χ4v) is 2.37. The van der Waals surface area contributed by atoms with Crippen LogP contribution in [0.15, 0.2) is 11.7 Å². The summed E-state index contributed by atoms with van der Waals surface area (Å²) in [6.07, 6.45) is 4.75. The van der Waals surface area contributed by atoms with Gasteiger partial charge in [0.05, 0.1) is 5.51 Å². The number of nitrogens with zero attached hydrogens (tertiary/aromatic N) is 2. The topological polar surface area (TPSA) is 28.2 Å². The van der Waals surface area contributed by atoms with E-state index in [0.29, 0.717) is 0 Å². The van der Waals surface area contributed by atoms with Gasteiger partial charge in [-0.15, -0.1) is 11.3 Å². The zero-order valence-corrected chi connectivity index (χ0v) is 10.1. The molecule has 1 aliphatic rings. The van der Waals surface area contributed by atoms with Crippen LogP contribution in [0, 0.1) is 0 Å². The first-order valence-corrected chi connectivity index (χ1v) is 6.60. The van der Waals surface area contributed by atoms with Gasteiger partial charge < -0.3 is 5.32 Å². The van der Waals surface area contributed by atoms with Crippen molar-refractivity contribution in [2.75, 3.05) is 19.6 Å². The van der Waals surface area contributed by atoms with Gasteiger partial charge in [0, 0.05) is 36.8 Å². The van der Waals surface area contributed by atoms with Gasteiger partial charge in [-0.05, 0) is 19.4 Å². The number of hydrogen-bond acceptors (Lipinski definition) is 4. The van der Waals surface area contributed by atoms with Gasteiger partial charge in [-0.1, -0.05) is 6.92 Å². The Bertz CT molecular complexity index is 269. The summed E-state index contributed by atoms with van der Waals surface area (Å²) in [6.45, 7) is 6.67.